The molecule has 0 saturated carbocycles. The molecule has 0 aliphatic carbocycles. The lowest BCUT2D eigenvalue weighted by molar-refractivity contribution is 0.408. The van der Waals surface area contributed by atoms with Gasteiger partial charge in [0, 0.05) is 11.6 Å². The van der Waals surface area contributed by atoms with Gasteiger partial charge in [0.2, 0.25) is 0 Å². The van der Waals surface area contributed by atoms with E-state index in [9.17, 15) is 0 Å². The third kappa shape index (κ3) is 2.26. The van der Waals surface area contributed by atoms with Crippen molar-refractivity contribution >= 4 is 0 Å². The zero-order chi connectivity index (χ0) is 13.3. The topological polar surface area (TPSA) is 27.1 Å². The van der Waals surface area contributed by atoms with E-state index in [4.69, 9.17) is 4.74 Å². The van der Waals surface area contributed by atoms with Gasteiger partial charge in [-0.15, -0.1) is 0 Å². The van der Waals surface area contributed by atoms with Gasteiger partial charge in [0.15, 0.2) is 0 Å². The maximum Gasteiger partial charge on any atom is 0.147 e. The Labute approximate surface area is 108 Å². The molecule has 18 heavy (non-hydrogen) atoms. The van der Waals surface area contributed by atoms with Crippen LogP contribution in [-0.4, -0.2) is 16.9 Å². The van der Waals surface area contributed by atoms with Crippen molar-refractivity contribution in [3.63, 3.8) is 0 Å². The minimum atomic E-state index is 0.0578. The number of benzene rings is 1. The second-order valence-electron chi connectivity index (χ2n) is 5.52. The van der Waals surface area contributed by atoms with Crippen molar-refractivity contribution in [2.75, 3.05) is 7.11 Å². The second kappa shape index (κ2) is 4.48. The minimum Gasteiger partial charge on any atom is -0.494 e. The summed E-state index contributed by atoms with van der Waals surface area (Å²) in [5, 5.41) is 4.64. The Bertz CT molecular complexity index is 550. The second-order valence-corrected chi connectivity index (χ2v) is 5.52. The predicted octanol–water partition coefficient (Wildman–Crippen LogP) is 3.49. The molecule has 0 amide bonds. The van der Waals surface area contributed by atoms with Crippen molar-refractivity contribution in [2.45, 2.75) is 33.1 Å². The maximum atomic E-state index is 5.46. The van der Waals surface area contributed by atoms with Crippen LogP contribution in [0.5, 0.6) is 5.75 Å². The molecule has 0 bridgehead atoms. The Morgan fingerprint density at radius 1 is 1.17 bits per heavy atom. The van der Waals surface area contributed by atoms with Crippen LogP contribution in [-0.2, 0) is 5.41 Å². The average molecular weight is 244 g/mol. The normalized spacial score (nSPS) is 11.6. The van der Waals surface area contributed by atoms with Crippen molar-refractivity contribution in [1.29, 1.82) is 0 Å². The lowest BCUT2D eigenvalue weighted by atomic mass is 9.93. The Morgan fingerprint density at radius 2 is 1.89 bits per heavy atom. The smallest absolute Gasteiger partial charge is 0.147 e. The van der Waals surface area contributed by atoms with Crippen molar-refractivity contribution in [3.05, 3.63) is 41.7 Å². The van der Waals surface area contributed by atoms with E-state index < -0.39 is 0 Å². The molecular formula is C15H20N2O. The van der Waals surface area contributed by atoms with Crippen molar-refractivity contribution < 1.29 is 4.74 Å². The predicted molar refractivity (Wildman–Crippen MR) is 73.6 cm³/mol. The van der Waals surface area contributed by atoms with Gasteiger partial charge in [-0.2, -0.15) is 5.10 Å². The lowest BCUT2D eigenvalue weighted by Crippen LogP contribution is -2.12. The van der Waals surface area contributed by atoms with E-state index in [1.54, 1.807) is 7.11 Å². The van der Waals surface area contributed by atoms with E-state index >= 15 is 0 Å². The molecule has 96 valence electrons. The maximum absolute atomic E-state index is 5.46. The van der Waals surface area contributed by atoms with E-state index in [1.807, 2.05) is 36.0 Å². The summed E-state index contributed by atoms with van der Waals surface area (Å²) in [6, 6.07) is 8.13. The van der Waals surface area contributed by atoms with Crippen LogP contribution in [0, 0.1) is 6.92 Å². The molecule has 0 spiro atoms. The van der Waals surface area contributed by atoms with Gasteiger partial charge < -0.3 is 4.74 Å². The average Bonchev–Trinajstić information content (AvgIpc) is 2.77. The molecule has 3 heteroatoms. The summed E-state index contributed by atoms with van der Waals surface area (Å²) < 4.78 is 7.35. The highest BCUT2D eigenvalue weighted by Crippen LogP contribution is 2.27. The molecule has 0 radical (unpaired) electrons. The van der Waals surface area contributed by atoms with Crippen LogP contribution >= 0.6 is 0 Å². The van der Waals surface area contributed by atoms with Gasteiger partial charge in [-0.1, -0.05) is 32.9 Å². The largest absolute Gasteiger partial charge is 0.494 e. The molecule has 3 nitrogen and oxygen atoms in total. The molecule has 0 aliphatic heterocycles. The first-order valence-corrected chi connectivity index (χ1v) is 6.13. The van der Waals surface area contributed by atoms with E-state index in [0.717, 1.165) is 22.7 Å². The van der Waals surface area contributed by atoms with Crippen LogP contribution in [0.1, 0.15) is 32.0 Å². The Hall–Kier alpha value is -1.77. The molecule has 2 rings (SSSR count). The number of aryl methyl sites for hydroxylation is 1. The summed E-state index contributed by atoms with van der Waals surface area (Å²) >= 11 is 0. The molecule has 0 fully saturated rings. The van der Waals surface area contributed by atoms with Crippen LogP contribution in [0.3, 0.4) is 0 Å². The van der Waals surface area contributed by atoms with Crippen LogP contribution in [0.2, 0.25) is 0 Å². The summed E-state index contributed by atoms with van der Waals surface area (Å²) in [5.74, 6) is 0.876. The highest BCUT2D eigenvalue weighted by Gasteiger charge is 2.18. The van der Waals surface area contributed by atoms with E-state index in [1.165, 1.54) is 0 Å². The first-order chi connectivity index (χ1) is 8.43. The zero-order valence-corrected chi connectivity index (χ0v) is 11.7. The summed E-state index contributed by atoms with van der Waals surface area (Å²) in [4.78, 5) is 0. The summed E-state index contributed by atoms with van der Waals surface area (Å²) in [6.45, 7) is 8.52. The molecule has 0 saturated heterocycles. The fraction of sp³-hybridized carbons (Fsp3) is 0.400. The molecule has 0 atom stereocenters. The molecule has 0 unspecified atom stereocenters. The zero-order valence-electron chi connectivity index (χ0n) is 11.7. The number of para-hydroxylation sites is 1. The van der Waals surface area contributed by atoms with Gasteiger partial charge in [0.25, 0.3) is 0 Å². The number of ether oxygens (including phenoxy) is 1. The van der Waals surface area contributed by atoms with Gasteiger partial charge in [0.05, 0.1) is 12.8 Å². The van der Waals surface area contributed by atoms with Crippen LogP contribution in [0.25, 0.3) is 5.69 Å². The Morgan fingerprint density at radius 3 is 2.44 bits per heavy atom. The Kier molecular flexibility index (Phi) is 3.16. The van der Waals surface area contributed by atoms with E-state index in [-0.39, 0.29) is 5.41 Å². The SMILES string of the molecule is COc1c(C)cccc1-n1ccc(C(C)(C)C)n1. The fourth-order valence-corrected chi connectivity index (χ4v) is 1.94. The molecule has 1 aromatic heterocycles. The van der Waals surface area contributed by atoms with Crippen molar-refractivity contribution in [1.82, 2.24) is 9.78 Å². The van der Waals surface area contributed by atoms with Gasteiger partial charge in [-0.25, -0.2) is 4.68 Å². The third-order valence-electron chi connectivity index (χ3n) is 3.00. The molecule has 1 aromatic carbocycles. The summed E-state index contributed by atoms with van der Waals surface area (Å²) in [6.07, 6.45) is 1.98. The number of methoxy groups -OCH3 is 1. The first kappa shape index (κ1) is 12.7. The van der Waals surface area contributed by atoms with Gasteiger partial charge in [-0.05, 0) is 24.6 Å². The monoisotopic (exact) mass is 244 g/mol. The third-order valence-corrected chi connectivity index (χ3v) is 3.00. The number of nitrogens with zero attached hydrogens (tertiary/aromatic N) is 2. The lowest BCUT2D eigenvalue weighted by Gasteiger charge is -2.15. The first-order valence-electron chi connectivity index (χ1n) is 6.13. The number of hydrogen-bond acceptors (Lipinski definition) is 2. The minimum absolute atomic E-state index is 0.0578. The summed E-state index contributed by atoms with van der Waals surface area (Å²) in [5.41, 5.74) is 3.23. The summed E-state index contributed by atoms with van der Waals surface area (Å²) in [7, 11) is 1.69. The number of hydrogen-bond donors (Lipinski definition) is 0. The molecule has 1 heterocycles. The van der Waals surface area contributed by atoms with Crippen LogP contribution in [0.4, 0.5) is 0 Å². The van der Waals surface area contributed by atoms with E-state index in [2.05, 4.69) is 31.9 Å². The Balaban J connectivity index is 2.50. The molecule has 0 N–H and O–H groups in total. The highest BCUT2D eigenvalue weighted by atomic mass is 16.5. The van der Waals surface area contributed by atoms with Crippen LogP contribution < -0.4 is 4.74 Å². The van der Waals surface area contributed by atoms with Crippen molar-refractivity contribution in [3.8, 4) is 11.4 Å². The van der Waals surface area contributed by atoms with Crippen LogP contribution in [0.15, 0.2) is 30.5 Å². The van der Waals surface area contributed by atoms with Gasteiger partial charge in [0.1, 0.15) is 11.4 Å². The molecule has 0 aliphatic rings. The highest BCUT2D eigenvalue weighted by molar-refractivity contribution is 5.51. The van der Waals surface area contributed by atoms with E-state index in [0.29, 0.717) is 0 Å². The fourth-order valence-electron chi connectivity index (χ4n) is 1.94. The van der Waals surface area contributed by atoms with Crippen molar-refractivity contribution in [2.24, 2.45) is 0 Å². The number of rotatable bonds is 2. The standard InChI is InChI=1S/C15H20N2O/c1-11-7-6-8-12(14(11)18-5)17-10-9-13(16-17)15(2,3)4/h6-10H,1-5H3. The molecule has 2 aromatic rings. The quantitative estimate of drug-likeness (QED) is 0.808. The molecular weight excluding hydrogens is 224 g/mol. The number of aromatic nitrogens is 2. The van der Waals surface area contributed by atoms with Gasteiger partial charge in [-0.3, -0.25) is 0 Å². The van der Waals surface area contributed by atoms with Gasteiger partial charge >= 0.3 is 0 Å².